The minimum Gasteiger partial charge on any atom is -0.456 e. The molecule has 14 heteroatoms. The first kappa shape index (κ1) is 74.4. The summed E-state index contributed by atoms with van der Waals surface area (Å²) in [4.78, 5) is 30.1. The van der Waals surface area contributed by atoms with Gasteiger partial charge in [-0.3, -0.25) is 0 Å². The third-order valence-electron chi connectivity index (χ3n) is 25.2. The van der Waals surface area contributed by atoms with Gasteiger partial charge >= 0.3 is 0 Å². The van der Waals surface area contributed by atoms with E-state index in [1.165, 1.54) is 16.2 Å². The molecule has 0 fully saturated rings. The Morgan fingerprint density at radius 1 is 0.177 bits per heavy atom. The van der Waals surface area contributed by atoms with Crippen LogP contribution in [0.2, 0.25) is 0 Å². The third-order valence-corrected chi connectivity index (χ3v) is 25.2. The van der Waals surface area contributed by atoms with Crippen molar-refractivity contribution in [2.75, 3.05) is 0 Å². The second kappa shape index (κ2) is 30.3. The van der Waals surface area contributed by atoms with Gasteiger partial charge in [-0.15, -0.1) is 0 Å². The number of rotatable bonds is 12. The highest BCUT2D eigenvalue weighted by Gasteiger charge is 2.27. The molecule has 0 saturated heterocycles. The van der Waals surface area contributed by atoms with Crippen molar-refractivity contribution in [1.29, 1.82) is 10.5 Å². The average Bonchev–Trinajstić information content (AvgIpc) is 1.55. The van der Waals surface area contributed by atoms with Crippen molar-refractivity contribution in [2.45, 2.75) is 0 Å². The largest absolute Gasteiger partial charge is 0.456 e. The fourth-order valence-corrected chi connectivity index (χ4v) is 19.2. The van der Waals surface area contributed by atoms with E-state index in [9.17, 15) is 10.5 Å². The average molecular weight is 1660 g/mol. The van der Waals surface area contributed by atoms with Crippen LogP contribution < -0.4 is 0 Å². The van der Waals surface area contributed by atoms with Crippen LogP contribution in [0, 0.1) is 22.7 Å². The van der Waals surface area contributed by atoms with Crippen LogP contribution in [0.5, 0.6) is 0 Å². The first-order valence-corrected chi connectivity index (χ1v) is 43.1. The molecular weight excluding hydrogens is 1590 g/mol. The summed E-state index contributed by atoms with van der Waals surface area (Å²) < 4.78 is 22.6. The van der Waals surface area contributed by atoms with Crippen LogP contribution in [-0.4, -0.2) is 48.2 Å². The SMILES string of the molecule is N#Cc1cc(-c2nc(-c3ccccc3)nc(-c3cccc(-c4ccccc4)c3)n2)ccc1-n1c2ccccc2c2cc3c(cc21)oc1cc2c(cc13)c1ccccc1n2-c1ccccc1.N#Cc1cc(-c2nc(-c3ccccc3)nc(-c3cccc(-c4ccccc4)c3)n2)ccc1-n1c2ccccc2c2cc3c(cc21)oc1cc2c4ccccc4n(-c4ccccc4)c2cc13. The van der Waals surface area contributed by atoms with E-state index in [2.05, 4.69) is 267 Å². The number of nitriles is 2. The third kappa shape index (κ3) is 12.4. The van der Waals surface area contributed by atoms with E-state index in [0.717, 1.165) is 182 Å². The van der Waals surface area contributed by atoms with Crippen LogP contribution in [0.15, 0.2) is 421 Å². The van der Waals surface area contributed by atoms with Gasteiger partial charge in [-0.25, -0.2) is 29.9 Å². The molecule has 0 bridgehead atoms. The Bertz CT molecular complexity index is 8950. The van der Waals surface area contributed by atoms with Crippen LogP contribution in [0.4, 0.5) is 0 Å². The zero-order valence-electron chi connectivity index (χ0n) is 69.4. The van der Waals surface area contributed by atoms with Gasteiger partial charge in [-0.05, 0) is 150 Å². The quantitative estimate of drug-likeness (QED) is 0.115. The topological polar surface area (TPSA) is 171 Å². The molecule has 26 aromatic rings. The second-order valence-corrected chi connectivity index (χ2v) is 32.7. The van der Waals surface area contributed by atoms with E-state index < -0.39 is 0 Å². The summed E-state index contributed by atoms with van der Waals surface area (Å²) in [6, 6.07) is 146. The highest BCUT2D eigenvalue weighted by molar-refractivity contribution is 6.23. The minimum absolute atomic E-state index is 0.480. The number of nitrogens with zero attached hydrogens (tertiary/aromatic N) is 12. The first-order valence-electron chi connectivity index (χ1n) is 43.1. The van der Waals surface area contributed by atoms with Gasteiger partial charge in [-0.1, -0.05) is 267 Å². The molecule has 0 N–H and O–H groups in total. The van der Waals surface area contributed by atoms with Crippen LogP contribution in [0.3, 0.4) is 0 Å². The fourth-order valence-electron chi connectivity index (χ4n) is 19.2. The number of furan rings is 2. The summed E-state index contributed by atoms with van der Waals surface area (Å²) in [7, 11) is 0. The maximum absolute atomic E-state index is 10.9. The minimum atomic E-state index is 0.480. The monoisotopic (exact) mass is 1660 g/mol. The lowest BCUT2D eigenvalue weighted by Gasteiger charge is -2.13. The van der Waals surface area contributed by atoms with Crippen molar-refractivity contribution in [3.05, 3.63) is 424 Å². The van der Waals surface area contributed by atoms with Crippen molar-refractivity contribution in [1.82, 2.24) is 48.2 Å². The van der Waals surface area contributed by atoms with E-state index in [-0.39, 0.29) is 0 Å². The van der Waals surface area contributed by atoms with Crippen LogP contribution in [0.1, 0.15) is 11.1 Å². The van der Waals surface area contributed by atoms with Crippen molar-refractivity contribution in [3.63, 3.8) is 0 Å². The molecule has 8 heterocycles. The highest BCUT2D eigenvalue weighted by Crippen LogP contribution is 2.47. The van der Waals surface area contributed by atoms with Crippen LogP contribution >= 0.6 is 0 Å². The number of hydrogen-bond donors (Lipinski definition) is 0. The van der Waals surface area contributed by atoms with Gasteiger partial charge in [0.2, 0.25) is 0 Å². The molecule has 0 aliphatic rings. The van der Waals surface area contributed by atoms with Crippen molar-refractivity contribution in [2.24, 2.45) is 0 Å². The lowest BCUT2D eigenvalue weighted by atomic mass is 10.0. The summed E-state index contributed by atoms with van der Waals surface area (Å²) in [5, 5.41) is 35.0. The Hall–Kier alpha value is -18.2. The standard InChI is InChI=1S/2C58H34N6O/c59-35-41-30-40(58-61-56(37-17-6-2-7-18-37)60-57(62-58)39-20-14-19-38(29-39)36-15-4-1-5-16-36)27-28-49(41)64-51-26-13-11-23-43(51)45-31-47-48-32-52-46(33-54(48)65-55(47)34-53(45)64)44-24-10-12-25-50(44)63(52)42-21-8-3-9-22-42;59-35-41-30-40(58-61-56(37-17-6-2-7-18-37)60-57(62-58)39-20-14-19-38(29-39)36-15-4-1-5-16-36)27-28-49(41)64-51-26-13-11-24-44(51)46-32-48-47-31-45-43-23-10-12-25-50(43)63(42-21-8-3-9-22-42)52(45)33-54(47)65-55(48)34-53(46)64/h2*1-34H. The van der Waals surface area contributed by atoms with Crippen LogP contribution in [-0.2, 0) is 0 Å². The number of benzene rings is 18. The van der Waals surface area contributed by atoms with Crippen molar-refractivity contribution in [3.8, 4) is 125 Å². The summed E-state index contributed by atoms with van der Waals surface area (Å²) >= 11 is 0. The molecule has 0 aliphatic heterocycles. The molecule has 0 radical (unpaired) electrons. The molecule has 0 saturated carbocycles. The molecule has 0 aliphatic carbocycles. The zero-order valence-corrected chi connectivity index (χ0v) is 69.4. The summed E-state index contributed by atoms with van der Waals surface area (Å²) in [5.74, 6) is 3.17. The molecule has 130 heavy (non-hydrogen) atoms. The van der Waals surface area contributed by atoms with Gasteiger partial charge in [0, 0.05) is 128 Å². The normalized spacial score (nSPS) is 11.7. The molecule has 18 aromatic carbocycles. The molecule has 26 rings (SSSR count). The van der Waals surface area contributed by atoms with Gasteiger partial charge in [0.15, 0.2) is 34.9 Å². The molecule has 14 nitrogen and oxygen atoms in total. The molecule has 0 amide bonds. The zero-order chi connectivity index (χ0) is 86.0. The van der Waals surface area contributed by atoms with Gasteiger partial charge in [0.1, 0.15) is 34.5 Å². The lowest BCUT2D eigenvalue weighted by molar-refractivity contribution is 0.669. The summed E-state index contributed by atoms with van der Waals surface area (Å²) in [6.45, 7) is 0. The first-order chi connectivity index (χ1) is 64.3. The van der Waals surface area contributed by atoms with Crippen LogP contribution in [0.25, 0.3) is 244 Å². The van der Waals surface area contributed by atoms with E-state index in [4.69, 9.17) is 38.7 Å². The summed E-state index contributed by atoms with van der Waals surface area (Å²) in [6.07, 6.45) is 0. The lowest BCUT2D eigenvalue weighted by Crippen LogP contribution is -2.02. The van der Waals surface area contributed by atoms with E-state index in [0.29, 0.717) is 57.2 Å². The maximum atomic E-state index is 10.9. The number of fused-ring (bicyclic) bond motifs is 18. The smallest absolute Gasteiger partial charge is 0.164 e. The van der Waals surface area contributed by atoms with Gasteiger partial charge in [0.25, 0.3) is 0 Å². The predicted molar refractivity (Wildman–Crippen MR) is 524 cm³/mol. The van der Waals surface area contributed by atoms with Crippen molar-refractivity contribution >= 4 is 131 Å². The highest BCUT2D eigenvalue weighted by atomic mass is 16.3. The van der Waals surface area contributed by atoms with Crippen molar-refractivity contribution < 1.29 is 8.83 Å². The second-order valence-electron chi connectivity index (χ2n) is 32.7. The molecule has 604 valence electrons. The van der Waals surface area contributed by atoms with E-state index in [1.807, 2.05) is 176 Å². The maximum Gasteiger partial charge on any atom is 0.164 e. The molecule has 0 atom stereocenters. The van der Waals surface area contributed by atoms with Gasteiger partial charge in [-0.2, -0.15) is 10.5 Å². The predicted octanol–water partition coefficient (Wildman–Crippen LogP) is 29.0. The molecule has 0 unspecified atom stereocenters. The number of aromatic nitrogens is 10. The Morgan fingerprint density at radius 3 is 0.800 bits per heavy atom. The van der Waals surface area contributed by atoms with Gasteiger partial charge < -0.3 is 27.1 Å². The molecule has 0 spiro atoms. The number of hydrogen-bond acceptors (Lipinski definition) is 10. The molecule has 8 aromatic heterocycles. The van der Waals surface area contributed by atoms with E-state index >= 15 is 0 Å². The Kier molecular flexibility index (Phi) is 17.4. The number of para-hydroxylation sites is 6. The fraction of sp³-hybridized carbons (Fsp3) is 0. The van der Waals surface area contributed by atoms with E-state index in [1.54, 1.807) is 0 Å². The Balaban J connectivity index is 0.000000140. The Morgan fingerprint density at radius 2 is 0.438 bits per heavy atom. The summed E-state index contributed by atoms with van der Waals surface area (Å²) in [5.41, 5.74) is 25.5. The molecular formula is C116H68N12O2. The van der Waals surface area contributed by atoms with Gasteiger partial charge in [0.05, 0.1) is 66.6 Å². The Labute approximate surface area is 742 Å².